The van der Waals surface area contributed by atoms with Crippen LogP contribution in [0.1, 0.15) is 60.2 Å². The first-order valence-corrected chi connectivity index (χ1v) is 7.44. The van der Waals surface area contributed by atoms with Gasteiger partial charge in [0.15, 0.2) is 5.78 Å². The predicted octanol–water partition coefficient (Wildman–Crippen LogP) is 3.05. The van der Waals surface area contributed by atoms with E-state index in [9.17, 15) is 4.79 Å². The molecule has 0 radical (unpaired) electrons. The van der Waals surface area contributed by atoms with E-state index in [-0.39, 0.29) is 11.7 Å². The fraction of sp³-hybridized carbons (Fsp3) is 0.588. The summed E-state index contributed by atoms with van der Waals surface area (Å²) in [6, 6.07) is 4.46. The van der Waals surface area contributed by atoms with Crippen LogP contribution in [0, 0.1) is 5.92 Å². The number of benzene rings is 1. The van der Waals surface area contributed by atoms with Crippen molar-refractivity contribution >= 4 is 5.78 Å². The molecule has 0 fully saturated rings. The topological polar surface area (TPSA) is 43.1 Å². The minimum absolute atomic E-state index is 0.0263. The summed E-state index contributed by atoms with van der Waals surface area (Å²) in [6.45, 7) is 3.94. The molecule has 2 nitrogen and oxygen atoms in total. The summed E-state index contributed by atoms with van der Waals surface area (Å²) in [5.41, 5.74) is 10.8. The molecule has 2 heteroatoms. The van der Waals surface area contributed by atoms with E-state index in [4.69, 9.17) is 5.73 Å². The molecule has 0 saturated carbocycles. The molecule has 0 bridgehead atoms. The Kier molecular flexibility index (Phi) is 3.01. The number of rotatable bonds is 1. The number of carbonyl (C=O) groups excluding carboxylic acids is 1. The molecule has 0 spiro atoms. The zero-order valence-corrected chi connectivity index (χ0v) is 12.0. The second kappa shape index (κ2) is 4.45. The number of carbonyl (C=O) groups is 1. The zero-order chi connectivity index (χ0) is 13.6. The van der Waals surface area contributed by atoms with Crippen LogP contribution in [-0.2, 0) is 19.3 Å². The van der Waals surface area contributed by atoms with Crippen molar-refractivity contribution in [3.8, 4) is 0 Å². The number of hydrogen-bond donors (Lipinski definition) is 1. The molecule has 102 valence electrons. The monoisotopic (exact) mass is 257 g/mol. The lowest BCUT2D eigenvalue weighted by Gasteiger charge is -2.34. The van der Waals surface area contributed by atoms with E-state index in [1.54, 1.807) is 0 Å². The molecule has 0 saturated heterocycles. The maximum absolute atomic E-state index is 12.7. The Hall–Kier alpha value is -1.15. The summed E-state index contributed by atoms with van der Waals surface area (Å²) in [5, 5.41) is 0. The minimum Gasteiger partial charge on any atom is -0.325 e. The van der Waals surface area contributed by atoms with E-state index in [0.717, 1.165) is 24.8 Å². The molecule has 1 aromatic carbocycles. The van der Waals surface area contributed by atoms with Crippen LogP contribution in [0.25, 0.3) is 0 Å². The Morgan fingerprint density at radius 3 is 2.32 bits per heavy atom. The standard InChI is InChI=1S/C17H23NO/c1-17(2,18)15-8-7-13-9-11-5-3-4-6-12(11)10-14(13)16(15)19/h9-10,15H,3-8,18H2,1-2H3. The van der Waals surface area contributed by atoms with Gasteiger partial charge in [-0.05, 0) is 75.1 Å². The Balaban J connectivity index is 2.02. The first-order chi connectivity index (χ1) is 8.97. The number of fused-ring (bicyclic) bond motifs is 2. The molecule has 0 aromatic heterocycles. The average Bonchev–Trinajstić information content (AvgIpc) is 2.36. The van der Waals surface area contributed by atoms with Crippen molar-refractivity contribution in [2.75, 3.05) is 0 Å². The molecular weight excluding hydrogens is 234 g/mol. The normalized spacial score (nSPS) is 22.9. The van der Waals surface area contributed by atoms with E-state index in [0.29, 0.717) is 0 Å². The Morgan fingerprint density at radius 2 is 1.68 bits per heavy atom. The van der Waals surface area contributed by atoms with Gasteiger partial charge in [-0.2, -0.15) is 0 Å². The van der Waals surface area contributed by atoms with Crippen LogP contribution >= 0.6 is 0 Å². The van der Waals surface area contributed by atoms with E-state index in [1.165, 1.54) is 36.0 Å². The molecule has 3 rings (SSSR count). The van der Waals surface area contributed by atoms with Crippen LogP contribution < -0.4 is 5.73 Å². The van der Waals surface area contributed by atoms with Gasteiger partial charge in [0.25, 0.3) is 0 Å². The van der Waals surface area contributed by atoms with E-state index >= 15 is 0 Å². The fourth-order valence-corrected chi connectivity index (χ4v) is 3.60. The van der Waals surface area contributed by atoms with Gasteiger partial charge >= 0.3 is 0 Å². The summed E-state index contributed by atoms with van der Waals surface area (Å²) in [5.74, 6) is 0.240. The molecule has 2 N–H and O–H groups in total. The van der Waals surface area contributed by atoms with Gasteiger partial charge in [0.2, 0.25) is 0 Å². The second-order valence-electron chi connectivity index (χ2n) is 6.76. The lowest BCUT2D eigenvalue weighted by Crippen LogP contribution is -2.46. The highest BCUT2D eigenvalue weighted by Gasteiger charge is 2.36. The third kappa shape index (κ3) is 2.23. The first-order valence-electron chi connectivity index (χ1n) is 7.44. The SMILES string of the molecule is CC(C)(N)C1CCc2cc3c(cc2C1=O)CCCC3. The third-order valence-electron chi connectivity index (χ3n) is 4.75. The van der Waals surface area contributed by atoms with Gasteiger partial charge in [0.1, 0.15) is 0 Å². The number of hydrogen-bond acceptors (Lipinski definition) is 2. The Bertz CT molecular complexity index is 525. The summed E-state index contributed by atoms with van der Waals surface area (Å²) >= 11 is 0. The summed E-state index contributed by atoms with van der Waals surface area (Å²) in [4.78, 5) is 12.7. The third-order valence-corrected chi connectivity index (χ3v) is 4.75. The van der Waals surface area contributed by atoms with Gasteiger partial charge in [-0.25, -0.2) is 0 Å². The number of aryl methyl sites for hydroxylation is 3. The van der Waals surface area contributed by atoms with Gasteiger partial charge < -0.3 is 5.73 Å². The maximum Gasteiger partial charge on any atom is 0.168 e. The molecule has 0 heterocycles. The molecule has 0 aliphatic heterocycles. The highest BCUT2D eigenvalue weighted by atomic mass is 16.1. The quantitative estimate of drug-likeness (QED) is 0.840. The summed E-state index contributed by atoms with van der Waals surface area (Å²) < 4.78 is 0. The second-order valence-corrected chi connectivity index (χ2v) is 6.76. The van der Waals surface area contributed by atoms with Crippen LogP contribution in [-0.4, -0.2) is 11.3 Å². The van der Waals surface area contributed by atoms with Gasteiger partial charge in [-0.1, -0.05) is 6.07 Å². The highest BCUT2D eigenvalue weighted by Crippen LogP contribution is 2.34. The molecule has 2 aliphatic rings. The van der Waals surface area contributed by atoms with Crippen molar-refractivity contribution < 1.29 is 4.79 Å². The van der Waals surface area contributed by atoms with Gasteiger partial charge in [-0.3, -0.25) is 4.79 Å². The minimum atomic E-state index is -0.412. The van der Waals surface area contributed by atoms with Crippen LogP contribution in [0.15, 0.2) is 12.1 Å². The molecule has 19 heavy (non-hydrogen) atoms. The molecule has 0 amide bonds. The van der Waals surface area contributed by atoms with Crippen LogP contribution in [0.5, 0.6) is 0 Å². The van der Waals surface area contributed by atoms with Crippen molar-refractivity contribution in [2.24, 2.45) is 11.7 Å². The zero-order valence-electron chi connectivity index (χ0n) is 12.0. The lowest BCUT2D eigenvalue weighted by atomic mass is 9.72. The van der Waals surface area contributed by atoms with Gasteiger partial charge in [0, 0.05) is 17.0 Å². The van der Waals surface area contributed by atoms with Crippen molar-refractivity contribution in [1.82, 2.24) is 0 Å². The van der Waals surface area contributed by atoms with Crippen molar-refractivity contribution in [3.63, 3.8) is 0 Å². The van der Waals surface area contributed by atoms with Crippen LogP contribution in [0.4, 0.5) is 0 Å². The summed E-state index contributed by atoms with van der Waals surface area (Å²) in [6.07, 6.45) is 6.76. The largest absolute Gasteiger partial charge is 0.325 e. The van der Waals surface area contributed by atoms with Crippen molar-refractivity contribution in [1.29, 1.82) is 0 Å². The van der Waals surface area contributed by atoms with Gasteiger partial charge in [0.05, 0.1) is 0 Å². The van der Waals surface area contributed by atoms with Crippen LogP contribution in [0.2, 0.25) is 0 Å². The molecular formula is C17H23NO. The van der Waals surface area contributed by atoms with Crippen LogP contribution in [0.3, 0.4) is 0 Å². The maximum atomic E-state index is 12.7. The van der Waals surface area contributed by atoms with Crippen molar-refractivity contribution in [3.05, 3.63) is 34.4 Å². The highest BCUT2D eigenvalue weighted by molar-refractivity contribution is 6.01. The lowest BCUT2D eigenvalue weighted by molar-refractivity contribution is 0.0844. The Morgan fingerprint density at radius 1 is 1.05 bits per heavy atom. The van der Waals surface area contributed by atoms with E-state index in [2.05, 4.69) is 12.1 Å². The summed E-state index contributed by atoms with van der Waals surface area (Å²) in [7, 11) is 0. The first kappa shape index (κ1) is 12.9. The number of nitrogens with two attached hydrogens (primary N) is 1. The number of Topliss-reactive ketones (excluding diaryl/α,β-unsaturated/α-hetero) is 1. The Labute approximate surface area is 115 Å². The fourth-order valence-electron chi connectivity index (χ4n) is 3.60. The number of ketones is 1. The van der Waals surface area contributed by atoms with Crippen molar-refractivity contribution in [2.45, 2.75) is 57.9 Å². The van der Waals surface area contributed by atoms with E-state index < -0.39 is 5.54 Å². The molecule has 2 aliphatic carbocycles. The average molecular weight is 257 g/mol. The molecule has 1 aromatic rings. The van der Waals surface area contributed by atoms with E-state index in [1.807, 2.05) is 13.8 Å². The molecule has 1 atom stereocenters. The predicted molar refractivity (Wildman–Crippen MR) is 77.5 cm³/mol. The molecule has 1 unspecified atom stereocenters. The smallest absolute Gasteiger partial charge is 0.168 e. The van der Waals surface area contributed by atoms with Gasteiger partial charge in [-0.15, -0.1) is 0 Å².